The molecule has 28 heavy (non-hydrogen) atoms. The van der Waals surface area contributed by atoms with E-state index in [2.05, 4.69) is 15.6 Å². The van der Waals surface area contributed by atoms with E-state index < -0.39 is 9.84 Å². The number of nitrogens with zero attached hydrogens (tertiary/aromatic N) is 1. The first-order chi connectivity index (χ1) is 12.8. The second kappa shape index (κ2) is 11.3. The molecular weight excluding hydrogens is 489 g/mol. The smallest absolute Gasteiger partial charge is 0.191 e. The number of aryl methyl sites for hydroxylation is 1. The van der Waals surface area contributed by atoms with E-state index in [1.165, 1.54) is 6.26 Å². The van der Waals surface area contributed by atoms with E-state index in [-0.39, 0.29) is 24.0 Å². The molecule has 2 N–H and O–H groups in total. The van der Waals surface area contributed by atoms with Gasteiger partial charge in [-0.3, -0.25) is 0 Å². The van der Waals surface area contributed by atoms with Crippen molar-refractivity contribution in [1.29, 1.82) is 0 Å². The molecule has 0 aliphatic carbocycles. The third kappa shape index (κ3) is 7.31. The van der Waals surface area contributed by atoms with Gasteiger partial charge in [-0.1, -0.05) is 24.3 Å². The SMILES string of the molecule is CCNC(=NCc1cccc(OC)c1)NCc1ccc(S(C)(=O)=O)c(C)c1.I. The molecule has 0 radical (unpaired) electrons. The van der Waals surface area contributed by atoms with Gasteiger partial charge in [-0.05, 0) is 48.7 Å². The topological polar surface area (TPSA) is 79.8 Å². The molecule has 2 rings (SSSR count). The zero-order valence-corrected chi connectivity index (χ0v) is 19.8. The lowest BCUT2D eigenvalue weighted by molar-refractivity contribution is 0.414. The average molecular weight is 517 g/mol. The first-order valence-electron chi connectivity index (χ1n) is 8.78. The quantitative estimate of drug-likeness (QED) is 0.335. The molecule has 0 bridgehead atoms. The molecule has 0 heterocycles. The number of hydrogen-bond donors (Lipinski definition) is 2. The fourth-order valence-corrected chi connectivity index (χ4v) is 3.67. The highest BCUT2D eigenvalue weighted by Gasteiger charge is 2.11. The molecule has 0 atom stereocenters. The predicted molar refractivity (Wildman–Crippen MR) is 124 cm³/mol. The van der Waals surface area contributed by atoms with Crippen molar-refractivity contribution in [1.82, 2.24) is 10.6 Å². The van der Waals surface area contributed by atoms with Gasteiger partial charge >= 0.3 is 0 Å². The largest absolute Gasteiger partial charge is 0.497 e. The summed E-state index contributed by atoms with van der Waals surface area (Å²) in [5.74, 6) is 1.51. The Kier molecular flexibility index (Phi) is 9.74. The van der Waals surface area contributed by atoms with Gasteiger partial charge in [-0.25, -0.2) is 13.4 Å². The number of ether oxygens (including phenoxy) is 1. The normalized spacial score (nSPS) is 11.5. The van der Waals surface area contributed by atoms with Crippen LogP contribution in [0.15, 0.2) is 52.4 Å². The van der Waals surface area contributed by atoms with Gasteiger partial charge in [0.05, 0.1) is 18.6 Å². The number of benzene rings is 2. The lowest BCUT2D eigenvalue weighted by atomic mass is 10.1. The van der Waals surface area contributed by atoms with E-state index in [1.54, 1.807) is 13.2 Å². The van der Waals surface area contributed by atoms with Crippen LogP contribution in [0.3, 0.4) is 0 Å². The molecule has 0 aliphatic heterocycles. The monoisotopic (exact) mass is 517 g/mol. The van der Waals surface area contributed by atoms with Crippen LogP contribution in [-0.4, -0.2) is 34.3 Å². The summed E-state index contributed by atoms with van der Waals surface area (Å²) >= 11 is 0. The van der Waals surface area contributed by atoms with E-state index in [1.807, 2.05) is 50.2 Å². The van der Waals surface area contributed by atoms with Gasteiger partial charge in [0.2, 0.25) is 0 Å². The zero-order chi connectivity index (χ0) is 19.9. The van der Waals surface area contributed by atoms with Gasteiger partial charge in [0.1, 0.15) is 5.75 Å². The standard InChI is InChI=1S/C20H27N3O3S.HI/c1-5-21-20(22-13-16-7-6-8-18(12-16)26-3)23-14-17-9-10-19(15(2)11-17)27(4,24)25;/h6-12H,5,13-14H2,1-4H3,(H2,21,22,23);1H. The highest BCUT2D eigenvalue weighted by Crippen LogP contribution is 2.16. The molecule has 0 unspecified atom stereocenters. The first kappa shape index (κ1) is 24.2. The number of hydrogen-bond acceptors (Lipinski definition) is 4. The Labute approximate surface area is 184 Å². The van der Waals surface area contributed by atoms with Crippen molar-refractivity contribution in [3.05, 3.63) is 59.2 Å². The minimum atomic E-state index is -3.20. The van der Waals surface area contributed by atoms with Crippen molar-refractivity contribution >= 4 is 39.8 Å². The van der Waals surface area contributed by atoms with Crippen molar-refractivity contribution in [2.24, 2.45) is 4.99 Å². The van der Waals surface area contributed by atoms with Crippen LogP contribution in [0.5, 0.6) is 5.75 Å². The molecule has 0 fully saturated rings. The Balaban J connectivity index is 0.00000392. The number of rotatable bonds is 7. The lowest BCUT2D eigenvalue weighted by Gasteiger charge is -2.13. The first-order valence-corrected chi connectivity index (χ1v) is 10.7. The Morgan fingerprint density at radius 3 is 2.46 bits per heavy atom. The molecule has 0 aliphatic rings. The van der Waals surface area contributed by atoms with E-state index in [9.17, 15) is 8.42 Å². The summed E-state index contributed by atoms with van der Waals surface area (Å²) in [6.07, 6.45) is 1.22. The van der Waals surface area contributed by atoms with Crippen molar-refractivity contribution < 1.29 is 13.2 Å². The highest BCUT2D eigenvalue weighted by atomic mass is 127. The number of aliphatic imine (C=N–C) groups is 1. The van der Waals surface area contributed by atoms with Crippen LogP contribution in [-0.2, 0) is 22.9 Å². The van der Waals surface area contributed by atoms with Gasteiger partial charge in [-0.15, -0.1) is 24.0 Å². The van der Waals surface area contributed by atoms with Crippen LogP contribution in [0.4, 0.5) is 0 Å². The minimum Gasteiger partial charge on any atom is -0.497 e. The maximum absolute atomic E-state index is 11.7. The molecule has 0 saturated heterocycles. The van der Waals surface area contributed by atoms with Gasteiger partial charge in [0.25, 0.3) is 0 Å². The molecule has 154 valence electrons. The fraction of sp³-hybridized carbons (Fsp3) is 0.350. The summed E-state index contributed by atoms with van der Waals surface area (Å²) in [6.45, 7) is 5.64. The van der Waals surface area contributed by atoms with Gasteiger partial charge in [0.15, 0.2) is 15.8 Å². The number of nitrogens with one attached hydrogen (secondary N) is 2. The zero-order valence-electron chi connectivity index (χ0n) is 16.7. The van der Waals surface area contributed by atoms with Crippen LogP contribution >= 0.6 is 24.0 Å². The molecule has 0 spiro atoms. The number of methoxy groups -OCH3 is 1. The van der Waals surface area contributed by atoms with E-state index in [0.29, 0.717) is 23.9 Å². The Morgan fingerprint density at radius 1 is 1.11 bits per heavy atom. The van der Waals surface area contributed by atoms with Gasteiger partial charge < -0.3 is 15.4 Å². The minimum absolute atomic E-state index is 0. The lowest BCUT2D eigenvalue weighted by Crippen LogP contribution is -2.36. The van der Waals surface area contributed by atoms with Crippen molar-refractivity contribution in [2.45, 2.75) is 31.8 Å². The van der Waals surface area contributed by atoms with Crippen molar-refractivity contribution in [3.8, 4) is 5.75 Å². The number of guanidine groups is 1. The van der Waals surface area contributed by atoms with Crippen LogP contribution in [0, 0.1) is 6.92 Å². The van der Waals surface area contributed by atoms with E-state index in [0.717, 1.165) is 29.0 Å². The van der Waals surface area contributed by atoms with Crippen LogP contribution in [0.2, 0.25) is 0 Å². The average Bonchev–Trinajstić information content (AvgIpc) is 2.63. The van der Waals surface area contributed by atoms with Crippen molar-refractivity contribution in [3.63, 3.8) is 0 Å². The molecule has 2 aromatic carbocycles. The Bertz CT molecular complexity index is 915. The van der Waals surface area contributed by atoms with Gasteiger partial charge in [0, 0.05) is 19.3 Å². The second-order valence-electron chi connectivity index (χ2n) is 6.27. The molecule has 0 aromatic heterocycles. The highest BCUT2D eigenvalue weighted by molar-refractivity contribution is 14.0. The summed E-state index contributed by atoms with van der Waals surface area (Å²) in [6, 6.07) is 13.2. The maximum atomic E-state index is 11.7. The Hall–Kier alpha value is -1.81. The van der Waals surface area contributed by atoms with E-state index in [4.69, 9.17) is 4.74 Å². The third-order valence-corrected chi connectivity index (χ3v) is 5.25. The molecule has 2 aromatic rings. The predicted octanol–water partition coefficient (Wildman–Crippen LogP) is 3.28. The third-order valence-electron chi connectivity index (χ3n) is 4.00. The molecule has 0 saturated carbocycles. The maximum Gasteiger partial charge on any atom is 0.191 e. The van der Waals surface area contributed by atoms with Gasteiger partial charge in [-0.2, -0.15) is 0 Å². The van der Waals surface area contributed by atoms with E-state index >= 15 is 0 Å². The summed E-state index contributed by atoms with van der Waals surface area (Å²) in [5.41, 5.74) is 2.79. The molecule has 0 amide bonds. The van der Waals surface area contributed by atoms with Crippen molar-refractivity contribution in [2.75, 3.05) is 19.9 Å². The fourth-order valence-electron chi connectivity index (χ4n) is 2.71. The summed E-state index contributed by atoms with van der Waals surface area (Å²) in [7, 11) is -1.56. The molecular formula is C20H28IN3O3S. The summed E-state index contributed by atoms with van der Waals surface area (Å²) < 4.78 is 28.7. The van der Waals surface area contributed by atoms with Crippen LogP contribution in [0.1, 0.15) is 23.6 Å². The molecule has 6 nitrogen and oxygen atoms in total. The second-order valence-corrected chi connectivity index (χ2v) is 8.26. The van der Waals surface area contributed by atoms with Crippen LogP contribution in [0.25, 0.3) is 0 Å². The Morgan fingerprint density at radius 2 is 1.86 bits per heavy atom. The number of sulfone groups is 1. The number of halogens is 1. The summed E-state index contributed by atoms with van der Waals surface area (Å²) in [4.78, 5) is 4.96. The van der Waals surface area contributed by atoms with Crippen LogP contribution < -0.4 is 15.4 Å². The molecule has 8 heteroatoms. The summed E-state index contributed by atoms with van der Waals surface area (Å²) in [5, 5.41) is 6.49.